The highest BCUT2D eigenvalue weighted by Crippen LogP contribution is 2.19. The molecule has 1 heterocycles. The Morgan fingerprint density at radius 2 is 2.06 bits per heavy atom. The third-order valence-electron chi connectivity index (χ3n) is 2.65. The van der Waals surface area contributed by atoms with Crippen LogP contribution in [0.4, 0.5) is 0 Å². The van der Waals surface area contributed by atoms with Crippen LogP contribution in [0.2, 0.25) is 0 Å². The van der Waals surface area contributed by atoms with E-state index >= 15 is 0 Å². The molecule has 1 aromatic carbocycles. The van der Waals surface area contributed by atoms with Gasteiger partial charge in [0.05, 0.1) is 11.3 Å². The molecular weight excluding hydrogens is 238 g/mol. The zero-order valence-electron chi connectivity index (χ0n) is 9.46. The van der Waals surface area contributed by atoms with Crippen molar-refractivity contribution < 1.29 is 13.2 Å². The van der Waals surface area contributed by atoms with E-state index < -0.39 is 9.84 Å². The van der Waals surface area contributed by atoms with Gasteiger partial charge in [0.2, 0.25) is 0 Å². The molecule has 0 spiro atoms. The van der Waals surface area contributed by atoms with E-state index in [1.165, 1.54) is 6.26 Å². The van der Waals surface area contributed by atoms with Gasteiger partial charge < -0.3 is 4.57 Å². The van der Waals surface area contributed by atoms with Gasteiger partial charge in [-0.15, -0.1) is 0 Å². The largest absolute Gasteiger partial charge is 0.346 e. The summed E-state index contributed by atoms with van der Waals surface area (Å²) in [4.78, 5) is 10.9. The highest BCUT2D eigenvalue weighted by atomic mass is 32.2. The predicted molar refractivity (Wildman–Crippen MR) is 67.0 cm³/mol. The van der Waals surface area contributed by atoms with Crippen molar-refractivity contribution in [1.29, 1.82) is 0 Å². The van der Waals surface area contributed by atoms with Gasteiger partial charge in [-0.3, -0.25) is 4.79 Å². The molecule has 0 fully saturated rings. The Balaban J connectivity index is 2.44. The lowest BCUT2D eigenvalue weighted by Crippen LogP contribution is -2.10. The van der Waals surface area contributed by atoms with E-state index in [1.807, 2.05) is 24.4 Å². The molecule has 0 aliphatic rings. The standard InChI is InChI=1S/C12H13NO3S/c1-17(15,16)8-7-13-6-5-10-3-2-4-11(9-14)12(10)13/h2-6,9H,7-8H2,1H3. The van der Waals surface area contributed by atoms with Crippen molar-refractivity contribution in [2.24, 2.45) is 0 Å². The van der Waals surface area contributed by atoms with Gasteiger partial charge in [0, 0.05) is 29.9 Å². The maximum absolute atomic E-state index is 11.1. The molecule has 1 aromatic heterocycles. The van der Waals surface area contributed by atoms with Gasteiger partial charge in [-0.25, -0.2) is 8.42 Å². The van der Waals surface area contributed by atoms with Crippen molar-refractivity contribution in [3.05, 3.63) is 36.0 Å². The molecule has 2 aromatic rings. The number of aryl methyl sites for hydroxylation is 1. The summed E-state index contributed by atoms with van der Waals surface area (Å²) < 4.78 is 24.1. The van der Waals surface area contributed by atoms with E-state index in [1.54, 1.807) is 10.6 Å². The van der Waals surface area contributed by atoms with E-state index in [9.17, 15) is 13.2 Å². The first-order valence-electron chi connectivity index (χ1n) is 5.22. The number of para-hydroxylation sites is 1. The molecule has 0 amide bonds. The second kappa shape index (κ2) is 4.33. The van der Waals surface area contributed by atoms with Crippen LogP contribution in [-0.2, 0) is 16.4 Å². The van der Waals surface area contributed by atoms with Crippen molar-refractivity contribution in [1.82, 2.24) is 4.57 Å². The fourth-order valence-corrected chi connectivity index (χ4v) is 2.36. The quantitative estimate of drug-likeness (QED) is 0.774. The number of nitrogens with zero attached hydrogens (tertiary/aromatic N) is 1. The molecule has 5 heteroatoms. The van der Waals surface area contributed by atoms with Crippen LogP contribution < -0.4 is 0 Å². The molecular formula is C12H13NO3S. The number of aromatic nitrogens is 1. The second-order valence-electron chi connectivity index (χ2n) is 4.04. The topological polar surface area (TPSA) is 56.1 Å². The SMILES string of the molecule is CS(=O)(=O)CCn1ccc2cccc(C=O)c21. The predicted octanol–water partition coefficient (Wildman–Crippen LogP) is 1.50. The summed E-state index contributed by atoms with van der Waals surface area (Å²) in [6, 6.07) is 7.32. The van der Waals surface area contributed by atoms with E-state index in [4.69, 9.17) is 0 Å². The first kappa shape index (κ1) is 11.9. The summed E-state index contributed by atoms with van der Waals surface area (Å²) in [6.07, 6.45) is 3.81. The summed E-state index contributed by atoms with van der Waals surface area (Å²) >= 11 is 0. The van der Waals surface area contributed by atoms with Crippen LogP contribution in [0, 0.1) is 0 Å². The molecule has 0 unspecified atom stereocenters. The molecule has 2 rings (SSSR count). The molecule has 0 atom stereocenters. The average molecular weight is 251 g/mol. The molecule has 90 valence electrons. The van der Waals surface area contributed by atoms with Crippen LogP contribution in [0.1, 0.15) is 10.4 Å². The Labute approximate surface area is 99.8 Å². The smallest absolute Gasteiger partial charge is 0.152 e. The minimum atomic E-state index is -3.00. The molecule has 0 saturated carbocycles. The lowest BCUT2D eigenvalue weighted by Gasteiger charge is -2.05. The maximum atomic E-state index is 11.1. The molecule has 17 heavy (non-hydrogen) atoms. The molecule has 0 N–H and O–H groups in total. The van der Waals surface area contributed by atoms with Gasteiger partial charge in [0.1, 0.15) is 9.84 Å². The molecule has 0 saturated heterocycles. The minimum absolute atomic E-state index is 0.0734. The number of carbonyl (C=O) groups excluding carboxylic acids is 1. The van der Waals surface area contributed by atoms with Crippen LogP contribution in [0.15, 0.2) is 30.5 Å². The zero-order valence-corrected chi connectivity index (χ0v) is 10.3. The Morgan fingerprint density at radius 3 is 2.71 bits per heavy atom. The van der Waals surface area contributed by atoms with E-state index in [-0.39, 0.29) is 5.75 Å². The number of aldehydes is 1. The maximum Gasteiger partial charge on any atom is 0.152 e. The highest BCUT2D eigenvalue weighted by Gasteiger charge is 2.08. The molecule has 0 radical (unpaired) electrons. The lowest BCUT2D eigenvalue weighted by atomic mass is 10.1. The van der Waals surface area contributed by atoms with Crippen LogP contribution in [0.25, 0.3) is 10.9 Å². The Morgan fingerprint density at radius 1 is 1.29 bits per heavy atom. The van der Waals surface area contributed by atoms with E-state index in [0.29, 0.717) is 12.1 Å². The number of hydrogen-bond acceptors (Lipinski definition) is 3. The van der Waals surface area contributed by atoms with Gasteiger partial charge in [-0.2, -0.15) is 0 Å². The summed E-state index contributed by atoms with van der Waals surface area (Å²) in [5.74, 6) is 0.0734. The monoisotopic (exact) mass is 251 g/mol. The lowest BCUT2D eigenvalue weighted by molar-refractivity contribution is 0.112. The third-order valence-corrected chi connectivity index (χ3v) is 3.57. The minimum Gasteiger partial charge on any atom is -0.346 e. The van der Waals surface area contributed by atoms with Crippen LogP contribution in [-0.4, -0.2) is 31.3 Å². The summed E-state index contributed by atoms with van der Waals surface area (Å²) in [5, 5.41) is 0.947. The average Bonchev–Trinajstić information content (AvgIpc) is 2.68. The first-order valence-corrected chi connectivity index (χ1v) is 7.28. The van der Waals surface area contributed by atoms with E-state index in [0.717, 1.165) is 17.2 Å². The Kier molecular flexibility index (Phi) is 3.02. The molecule has 4 nitrogen and oxygen atoms in total. The van der Waals surface area contributed by atoms with Crippen LogP contribution in [0.3, 0.4) is 0 Å². The van der Waals surface area contributed by atoms with Gasteiger partial charge in [-0.05, 0) is 12.1 Å². The highest BCUT2D eigenvalue weighted by molar-refractivity contribution is 7.90. The Hall–Kier alpha value is -1.62. The number of hydrogen-bond donors (Lipinski definition) is 0. The van der Waals surface area contributed by atoms with Gasteiger partial charge >= 0.3 is 0 Å². The van der Waals surface area contributed by atoms with Crippen molar-refractivity contribution in [3.63, 3.8) is 0 Å². The van der Waals surface area contributed by atoms with Crippen molar-refractivity contribution in [2.75, 3.05) is 12.0 Å². The number of fused-ring (bicyclic) bond motifs is 1. The van der Waals surface area contributed by atoms with Gasteiger partial charge in [0.15, 0.2) is 6.29 Å². The fourth-order valence-electron chi connectivity index (χ4n) is 1.84. The second-order valence-corrected chi connectivity index (χ2v) is 6.30. The number of benzene rings is 1. The number of carbonyl (C=O) groups is 1. The Bertz CT molecular complexity index is 655. The normalized spacial score (nSPS) is 11.8. The fraction of sp³-hybridized carbons (Fsp3) is 0.250. The number of rotatable bonds is 4. The summed E-state index contributed by atoms with van der Waals surface area (Å²) in [6.45, 7) is 0.368. The van der Waals surface area contributed by atoms with Crippen molar-refractivity contribution in [2.45, 2.75) is 6.54 Å². The molecule has 0 aliphatic heterocycles. The summed E-state index contributed by atoms with van der Waals surface area (Å²) in [7, 11) is -3.00. The van der Waals surface area contributed by atoms with Crippen LogP contribution >= 0.6 is 0 Å². The zero-order chi connectivity index (χ0) is 12.5. The summed E-state index contributed by atoms with van der Waals surface area (Å²) in [5.41, 5.74) is 1.38. The molecule has 0 aliphatic carbocycles. The molecule has 0 bridgehead atoms. The first-order chi connectivity index (χ1) is 8.01. The van der Waals surface area contributed by atoms with Gasteiger partial charge in [-0.1, -0.05) is 12.1 Å². The number of sulfone groups is 1. The van der Waals surface area contributed by atoms with Crippen LogP contribution in [0.5, 0.6) is 0 Å². The van der Waals surface area contributed by atoms with Gasteiger partial charge in [0.25, 0.3) is 0 Å². The van der Waals surface area contributed by atoms with Crippen molar-refractivity contribution in [3.8, 4) is 0 Å². The third kappa shape index (κ3) is 2.55. The van der Waals surface area contributed by atoms with Crippen molar-refractivity contribution >= 4 is 27.0 Å². The van der Waals surface area contributed by atoms with E-state index in [2.05, 4.69) is 0 Å².